The Morgan fingerprint density at radius 1 is 0.514 bits per heavy atom. The maximum absolute atomic E-state index is 16.2. The number of Topliss-reactive ketones (excluding diaryl/α,β-unsaturated/α-hetero) is 1. The molecule has 5 aliphatic carbocycles. The van der Waals surface area contributed by atoms with Gasteiger partial charge < -0.3 is 148 Å². The molecule has 0 amide bonds. The van der Waals surface area contributed by atoms with Crippen LogP contribution in [0.3, 0.4) is 0 Å². The van der Waals surface area contributed by atoms with Crippen molar-refractivity contribution in [3.05, 3.63) is 11.6 Å². The highest BCUT2D eigenvalue weighted by Crippen LogP contribution is 2.76. The van der Waals surface area contributed by atoms with Crippen molar-refractivity contribution in [2.75, 3.05) is 52.9 Å². The second-order valence-corrected chi connectivity index (χ2v) is 35.8. The topological polar surface area (TPSA) is 515 Å². The maximum Gasteiger partial charge on any atom is 0.315 e. The highest BCUT2D eigenvalue weighted by Gasteiger charge is 2.72. The average molecular weight is 1590 g/mol. The summed E-state index contributed by atoms with van der Waals surface area (Å²) in [5, 5.41) is 184. The van der Waals surface area contributed by atoms with Crippen molar-refractivity contribution in [1.82, 2.24) is 0 Å². The number of carbonyl (C=O) groups excluding carboxylic acids is 3. The second kappa shape index (κ2) is 36.4. The summed E-state index contributed by atoms with van der Waals surface area (Å²) in [5.74, 6) is -2.02. The van der Waals surface area contributed by atoms with Crippen LogP contribution >= 0.6 is 0 Å². The van der Waals surface area contributed by atoms with E-state index >= 15 is 4.79 Å². The van der Waals surface area contributed by atoms with Crippen molar-refractivity contribution in [1.29, 1.82) is 0 Å². The third kappa shape index (κ3) is 17.9. The number of aliphatic hydroxyl groups is 17. The number of fused-ring (bicyclic) bond motifs is 7. The predicted octanol–water partition coefficient (Wildman–Crippen LogP) is -0.674. The Kier molecular flexibility index (Phi) is 29.2. The molecule has 11 aliphatic rings. The van der Waals surface area contributed by atoms with Gasteiger partial charge in [0.1, 0.15) is 103 Å². The van der Waals surface area contributed by atoms with Crippen LogP contribution < -0.4 is 0 Å². The molecule has 0 unspecified atom stereocenters. The lowest BCUT2D eigenvalue weighted by molar-refractivity contribution is -0.376. The van der Waals surface area contributed by atoms with Crippen LogP contribution in [0.1, 0.15) is 190 Å². The van der Waals surface area contributed by atoms with Gasteiger partial charge in [-0.05, 0) is 130 Å². The number of unbranched alkanes of at least 4 members (excludes halogenated alkanes) is 8. The highest BCUT2D eigenvalue weighted by molar-refractivity contribution is 5.79. The summed E-state index contributed by atoms with van der Waals surface area (Å²) in [6.07, 6.45) is -26.4. The minimum absolute atomic E-state index is 0.0926. The Balaban J connectivity index is 0.793. The number of aliphatic hydroxyl groups excluding tert-OH is 16. The number of esters is 2. The van der Waals surface area contributed by atoms with Gasteiger partial charge in [-0.25, -0.2) is 0 Å². The number of rotatable bonds is 31. The summed E-state index contributed by atoms with van der Waals surface area (Å²) >= 11 is 0. The highest BCUT2D eigenvalue weighted by atomic mass is 16.8. The molecule has 33 nitrogen and oxygen atoms in total. The molecule has 638 valence electrons. The lowest BCUT2D eigenvalue weighted by Crippen LogP contribution is -2.69. The Morgan fingerprint density at radius 3 is 1.74 bits per heavy atom. The Bertz CT molecular complexity index is 3090. The van der Waals surface area contributed by atoms with Crippen LogP contribution in [0, 0.1) is 50.2 Å². The maximum atomic E-state index is 16.2. The third-order valence-corrected chi connectivity index (χ3v) is 28.0. The van der Waals surface area contributed by atoms with Crippen molar-refractivity contribution >= 4 is 17.7 Å². The van der Waals surface area contributed by atoms with Gasteiger partial charge in [-0.1, -0.05) is 91.7 Å². The lowest BCUT2D eigenvalue weighted by Gasteiger charge is -2.72. The van der Waals surface area contributed by atoms with E-state index in [1.807, 2.05) is 6.92 Å². The summed E-state index contributed by atoms with van der Waals surface area (Å²) in [5.41, 5.74) is -5.46. The molecular weight excluding hydrogens is 1460 g/mol. The first-order chi connectivity index (χ1) is 52.5. The summed E-state index contributed by atoms with van der Waals surface area (Å²) < 4.78 is 79.0. The van der Waals surface area contributed by atoms with E-state index in [1.54, 1.807) is 0 Å². The van der Waals surface area contributed by atoms with Crippen LogP contribution in [-0.4, -0.2) is 323 Å². The summed E-state index contributed by atoms with van der Waals surface area (Å²) in [4.78, 5) is 43.2. The summed E-state index contributed by atoms with van der Waals surface area (Å²) in [7, 11) is 0. The smallest absolute Gasteiger partial charge is 0.315 e. The first kappa shape index (κ1) is 89.0. The van der Waals surface area contributed by atoms with Crippen molar-refractivity contribution in [3.8, 4) is 0 Å². The van der Waals surface area contributed by atoms with Gasteiger partial charge in [0.25, 0.3) is 0 Å². The quantitative estimate of drug-likeness (QED) is 0.0177. The molecule has 17 N–H and O–H groups in total. The van der Waals surface area contributed by atoms with E-state index in [-0.39, 0.29) is 42.5 Å². The standard InChI is InChI=1S/C78H128O33/c1-39-60(107-66-57(93)52(88)45(85)34-101-66)55(91)59(95)67(104-39)109-62-61(108-70-63(96)78(98,37-81)38-103-70)47(105-50(86)20-16-12-8-10-14-18-40(82)19-15-11-9-13-17-29-99-65-56(92)51(87)44(84)33-100-65)35-102-69(62)111-71(97)77-27-25-72(2,3)30-42(77)41-21-22-49-73(4)31-43(83)64(110-68-58(94)54(90)53(89)46(32-79)106-68)74(5,36-80)48(73)23-24-76(49,7)75(41,6)26-28-77/h21,39,42-49,51-70,79-81,83-85,87-96,98H,8-20,22-38H2,1-7H3/t39-,42-,43-,44+,45+,46+,47+,48+,49+,51+,52-,53+,54-,55+,56+,57+,58+,59+,60-,61+,62+,63-,64-,65+,66-,67-,68-,69-,70-,73-,74-,75+,76+,77-,78+/m0/s1. The Morgan fingerprint density at radius 2 is 1.09 bits per heavy atom. The monoisotopic (exact) mass is 1590 g/mol. The molecule has 4 saturated carbocycles. The first-order valence-corrected chi connectivity index (χ1v) is 40.5. The first-order valence-electron chi connectivity index (χ1n) is 40.5. The van der Waals surface area contributed by atoms with E-state index < -0.39 is 250 Å². The molecule has 10 fully saturated rings. The van der Waals surface area contributed by atoms with Crippen molar-refractivity contribution < 1.29 is 163 Å². The van der Waals surface area contributed by atoms with Gasteiger partial charge in [-0.2, -0.15) is 0 Å². The van der Waals surface area contributed by atoms with Gasteiger partial charge in [-0.3, -0.25) is 14.4 Å². The fourth-order valence-electron chi connectivity index (χ4n) is 20.9. The Hall–Kier alpha value is -2.77. The lowest BCUT2D eigenvalue weighted by atomic mass is 9.33. The number of hydrogen-bond donors (Lipinski definition) is 17. The van der Waals surface area contributed by atoms with Crippen molar-refractivity contribution in [2.45, 2.75) is 355 Å². The normalized spacial score (nSPS) is 47.7. The summed E-state index contributed by atoms with van der Waals surface area (Å²) in [6, 6.07) is 0. The zero-order valence-electron chi connectivity index (χ0n) is 65.2. The molecule has 0 aromatic rings. The minimum atomic E-state index is -2.24. The molecule has 0 bridgehead atoms. The van der Waals surface area contributed by atoms with Gasteiger partial charge >= 0.3 is 11.9 Å². The molecule has 0 radical (unpaired) electrons. The van der Waals surface area contributed by atoms with Crippen LogP contribution in [-0.2, 0) is 76.0 Å². The zero-order chi connectivity index (χ0) is 80.7. The number of allylic oxidation sites excluding steroid dienone is 2. The number of hydrogen-bond acceptors (Lipinski definition) is 33. The van der Waals surface area contributed by atoms with Gasteiger partial charge in [0, 0.05) is 31.3 Å². The van der Waals surface area contributed by atoms with E-state index in [0.717, 1.165) is 37.7 Å². The van der Waals surface area contributed by atoms with Gasteiger partial charge in [0.15, 0.2) is 43.7 Å². The molecular formula is C78H128O33. The number of ether oxygens (including phenoxy) is 13. The molecule has 6 aliphatic heterocycles. The minimum Gasteiger partial charge on any atom is -0.457 e. The molecule has 111 heavy (non-hydrogen) atoms. The van der Waals surface area contributed by atoms with E-state index in [4.69, 9.17) is 61.6 Å². The Labute approximate surface area is 648 Å². The third-order valence-electron chi connectivity index (χ3n) is 28.0. The largest absolute Gasteiger partial charge is 0.457 e. The molecule has 6 heterocycles. The van der Waals surface area contributed by atoms with E-state index in [9.17, 15) is 96.4 Å². The molecule has 0 aromatic carbocycles. The molecule has 0 aromatic heterocycles. The SMILES string of the molecule is C[C@@H]1O[C@@H](O[C@H]2[C@H](OC(=O)[C@]34CCC(C)(C)C[C@H]3C3=CC[C@@H]5[C@@]6(C)C[C@H](O)[C@H](O[C@@H]7O[C@H](CO)[C@@H](O)[C@H](O)[C@H]7O)[C@@](C)(CO)[C@@H]6CC[C@@]5(C)[C@]3(C)CC4)OC[C@@H](OC(=O)CCCCCCCC(=O)CCCCCCCO[C@@H]3OC[C@@H](O)[C@@H](O)[C@H]3O)[C@H]2O[C@@H]2OC[C@](O)(CO)[C@H]2O)[C@H](O)[C@@H](O)[C@H]1O[C@@H]1OC[C@@H](O)[C@H](O)[C@H]1O. The summed E-state index contributed by atoms with van der Waals surface area (Å²) in [6.45, 7) is 10.8. The average Bonchev–Trinajstić information content (AvgIpc) is 0.866. The van der Waals surface area contributed by atoms with Crippen LogP contribution in [0.4, 0.5) is 0 Å². The molecule has 6 saturated heterocycles. The molecule has 11 rings (SSSR count). The number of ketones is 1. The van der Waals surface area contributed by atoms with Crippen molar-refractivity contribution in [2.24, 2.45) is 50.2 Å². The predicted molar refractivity (Wildman–Crippen MR) is 381 cm³/mol. The molecule has 0 spiro atoms. The van der Waals surface area contributed by atoms with Gasteiger partial charge in [-0.15, -0.1) is 0 Å². The van der Waals surface area contributed by atoms with Gasteiger partial charge in [0.05, 0.1) is 70.0 Å². The van der Waals surface area contributed by atoms with Crippen LogP contribution in [0.5, 0.6) is 0 Å². The van der Waals surface area contributed by atoms with Crippen LogP contribution in [0.25, 0.3) is 0 Å². The molecule has 35 atom stereocenters. The van der Waals surface area contributed by atoms with E-state index in [0.29, 0.717) is 103 Å². The fraction of sp³-hybridized carbons (Fsp3) is 0.936. The second-order valence-electron chi connectivity index (χ2n) is 35.8. The fourth-order valence-corrected chi connectivity index (χ4v) is 20.9. The van der Waals surface area contributed by atoms with Crippen LogP contribution in [0.15, 0.2) is 11.6 Å². The van der Waals surface area contributed by atoms with Crippen molar-refractivity contribution in [3.63, 3.8) is 0 Å². The number of carbonyl (C=O) groups is 3. The van der Waals surface area contributed by atoms with E-state index in [2.05, 4.69) is 40.7 Å². The van der Waals surface area contributed by atoms with E-state index in [1.165, 1.54) is 6.92 Å². The van der Waals surface area contributed by atoms with Gasteiger partial charge in [0.2, 0.25) is 6.29 Å². The molecule has 33 heteroatoms. The van der Waals surface area contributed by atoms with Crippen LogP contribution in [0.2, 0.25) is 0 Å². The zero-order valence-corrected chi connectivity index (χ0v) is 65.2.